The molecule has 6 atom stereocenters. The molecule has 2 fully saturated rings. The van der Waals surface area contributed by atoms with Gasteiger partial charge in [0.05, 0.1) is 12.1 Å². The Morgan fingerprint density at radius 3 is 1.26 bits per heavy atom. The SMILES string of the molecule is O=[P@@]1(c2ccccc2)C2=CCC=C[C@H]2[C@H](c2ccccc2)N1CCCN1[C@H](c2ccccc2)[C@H]2C=CCC=C2[P@]1(=O)c1ccccc1. The van der Waals surface area contributed by atoms with Crippen LogP contribution in [0.25, 0.3) is 0 Å². The summed E-state index contributed by atoms with van der Waals surface area (Å²) in [6.45, 7) is 1.25. The predicted molar refractivity (Wildman–Crippen MR) is 194 cm³/mol. The zero-order valence-electron chi connectivity index (χ0n) is 26.5. The first-order valence-electron chi connectivity index (χ1n) is 16.8. The fourth-order valence-corrected chi connectivity index (χ4v) is 15.4. The maximum Gasteiger partial charge on any atom is 0.204 e. The quantitative estimate of drug-likeness (QED) is 0.140. The maximum atomic E-state index is 15.7. The summed E-state index contributed by atoms with van der Waals surface area (Å²) in [5.41, 5.74) is 2.37. The first kappa shape index (κ1) is 30.5. The van der Waals surface area contributed by atoms with E-state index in [9.17, 15) is 0 Å². The zero-order valence-corrected chi connectivity index (χ0v) is 28.3. The van der Waals surface area contributed by atoms with Crippen LogP contribution in [0.15, 0.2) is 168 Å². The second-order valence-corrected chi connectivity index (χ2v) is 18.2. The third kappa shape index (κ3) is 5.06. The smallest absolute Gasteiger partial charge is 0.204 e. The summed E-state index contributed by atoms with van der Waals surface area (Å²) in [5, 5.41) is 3.90. The van der Waals surface area contributed by atoms with Crippen LogP contribution in [0.4, 0.5) is 0 Å². The standard InChI is InChI=1S/C41H40N2O2P2/c44-46(34-22-9-3-10-23-34)38-28-15-13-26-36(38)40(32-18-5-1-6-19-32)42(46)30-17-31-43-41(33-20-7-2-8-21-33)37-27-14-16-29-39(37)47(43,45)35-24-11-4-12-25-35/h1-14,18-29,36-37,40-41H,15-17,30-31H2/t36-,37+,40+,41-,46+,47-. The minimum Gasteiger partial charge on any atom is -0.297 e. The van der Waals surface area contributed by atoms with Gasteiger partial charge in [-0.1, -0.05) is 134 Å². The fraction of sp³-hybridized carbons (Fsp3) is 0.220. The lowest BCUT2D eigenvalue weighted by Gasteiger charge is -2.34. The van der Waals surface area contributed by atoms with Crippen molar-refractivity contribution in [3.8, 4) is 0 Å². The summed E-state index contributed by atoms with van der Waals surface area (Å²) in [7, 11) is -6.21. The van der Waals surface area contributed by atoms with Gasteiger partial charge in [0.25, 0.3) is 0 Å². The Kier molecular flexibility index (Phi) is 8.24. The highest BCUT2D eigenvalue weighted by atomic mass is 31.2. The molecule has 0 saturated carbocycles. The Labute approximate surface area is 278 Å². The molecule has 4 aliphatic rings. The molecule has 4 aromatic carbocycles. The minimum absolute atomic E-state index is 0.0392. The van der Waals surface area contributed by atoms with Gasteiger partial charge >= 0.3 is 0 Å². The van der Waals surface area contributed by atoms with E-state index in [0.29, 0.717) is 13.1 Å². The highest BCUT2D eigenvalue weighted by molar-refractivity contribution is 7.74. The molecule has 2 aliphatic heterocycles. The van der Waals surface area contributed by atoms with Crippen LogP contribution < -0.4 is 10.6 Å². The molecular weight excluding hydrogens is 614 g/mol. The largest absolute Gasteiger partial charge is 0.297 e. The third-order valence-corrected chi connectivity index (χ3v) is 17.0. The lowest BCUT2D eigenvalue weighted by Crippen LogP contribution is -2.31. The zero-order chi connectivity index (χ0) is 31.8. The summed E-state index contributed by atoms with van der Waals surface area (Å²) in [6.07, 6.45) is 15.8. The molecule has 236 valence electrons. The van der Waals surface area contributed by atoms with Crippen molar-refractivity contribution in [2.75, 3.05) is 13.1 Å². The number of benzene rings is 4. The van der Waals surface area contributed by atoms with E-state index in [-0.39, 0.29) is 23.9 Å². The van der Waals surface area contributed by atoms with Gasteiger partial charge in [-0.15, -0.1) is 0 Å². The van der Waals surface area contributed by atoms with Crippen LogP contribution in [-0.4, -0.2) is 22.4 Å². The normalized spacial score (nSPS) is 30.0. The van der Waals surface area contributed by atoms with Gasteiger partial charge in [0.1, 0.15) is 0 Å². The molecule has 47 heavy (non-hydrogen) atoms. The van der Waals surface area contributed by atoms with Gasteiger partial charge in [-0.25, -0.2) is 9.34 Å². The van der Waals surface area contributed by atoms with Crippen LogP contribution in [0.5, 0.6) is 0 Å². The van der Waals surface area contributed by atoms with Gasteiger partial charge in [-0.2, -0.15) is 0 Å². The van der Waals surface area contributed by atoms with Crippen LogP contribution in [0.1, 0.15) is 42.5 Å². The number of fused-ring (bicyclic) bond motifs is 2. The van der Waals surface area contributed by atoms with Gasteiger partial charge in [0, 0.05) is 46.2 Å². The van der Waals surface area contributed by atoms with Crippen LogP contribution in [0, 0.1) is 11.8 Å². The van der Waals surface area contributed by atoms with Crippen molar-refractivity contribution in [3.05, 3.63) is 180 Å². The predicted octanol–water partition coefficient (Wildman–Crippen LogP) is 9.62. The lowest BCUT2D eigenvalue weighted by atomic mass is 9.89. The maximum absolute atomic E-state index is 15.7. The van der Waals surface area contributed by atoms with Crippen LogP contribution >= 0.6 is 14.6 Å². The summed E-state index contributed by atoms with van der Waals surface area (Å²) in [4.78, 5) is 0. The molecule has 2 aliphatic carbocycles. The van der Waals surface area contributed by atoms with Crippen molar-refractivity contribution in [2.24, 2.45) is 11.8 Å². The highest BCUT2D eigenvalue weighted by Gasteiger charge is 2.55. The second-order valence-electron chi connectivity index (χ2n) is 12.9. The van der Waals surface area contributed by atoms with E-state index in [1.807, 2.05) is 72.8 Å². The minimum atomic E-state index is -3.10. The van der Waals surface area contributed by atoms with E-state index in [1.165, 1.54) is 11.1 Å². The molecule has 4 aromatic rings. The summed E-state index contributed by atoms with van der Waals surface area (Å²) < 4.78 is 36.0. The Morgan fingerprint density at radius 2 is 0.872 bits per heavy atom. The van der Waals surface area contributed by atoms with E-state index >= 15 is 9.13 Å². The van der Waals surface area contributed by atoms with Crippen molar-refractivity contribution in [2.45, 2.75) is 31.3 Å². The van der Waals surface area contributed by atoms with Crippen molar-refractivity contribution >= 4 is 25.2 Å². The molecule has 2 heterocycles. The van der Waals surface area contributed by atoms with Crippen molar-refractivity contribution < 1.29 is 9.13 Å². The molecule has 0 N–H and O–H groups in total. The Morgan fingerprint density at radius 1 is 0.511 bits per heavy atom. The van der Waals surface area contributed by atoms with Crippen LogP contribution in [0.2, 0.25) is 0 Å². The molecule has 2 saturated heterocycles. The lowest BCUT2D eigenvalue weighted by molar-refractivity contribution is 0.277. The highest BCUT2D eigenvalue weighted by Crippen LogP contribution is 2.73. The molecule has 8 rings (SSSR count). The van der Waals surface area contributed by atoms with Crippen molar-refractivity contribution in [1.82, 2.24) is 9.34 Å². The van der Waals surface area contributed by atoms with Crippen LogP contribution in [-0.2, 0) is 9.13 Å². The number of nitrogens with zero attached hydrogens (tertiary/aromatic N) is 2. The first-order chi connectivity index (χ1) is 23.1. The van der Waals surface area contributed by atoms with Crippen LogP contribution in [0.3, 0.4) is 0 Å². The summed E-state index contributed by atoms with van der Waals surface area (Å²) in [6, 6.07) is 41.2. The topological polar surface area (TPSA) is 40.6 Å². The number of hydrogen-bond acceptors (Lipinski definition) is 2. The Bertz CT molecular complexity index is 1810. The van der Waals surface area contributed by atoms with E-state index in [0.717, 1.165) is 40.5 Å². The monoisotopic (exact) mass is 654 g/mol. The molecule has 0 aromatic heterocycles. The first-order valence-corrected chi connectivity index (χ1v) is 20.1. The van der Waals surface area contributed by atoms with Gasteiger partial charge in [0.15, 0.2) is 0 Å². The molecule has 0 unspecified atom stereocenters. The number of allylic oxidation sites excluding steroid dienone is 4. The molecule has 4 nitrogen and oxygen atoms in total. The Balaban J connectivity index is 1.20. The van der Waals surface area contributed by atoms with Gasteiger partial charge in [0.2, 0.25) is 14.6 Å². The summed E-state index contributed by atoms with van der Waals surface area (Å²) in [5.74, 6) is 0.101. The van der Waals surface area contributed by atoms with Gasteiger partial charge < -0.3 is 0 Å². The summed E-state index contributed by atoms with van der Waals surface area (Å²) >= 11 is 0. The van der Waals surface area contributed by atoms with E-state index in [2.05, 4.69) is 94.3 Å². The van der Waals surface area contributed by atoms with Crippen molar-refractivity contribution in [3.63, 3.8) is 0 Å². The van der Waals surface area contributed by atoms with Gasteiger partial charge in [-0.3, -0.25) is 9.13 Å². The van der Waals surface area contributed by atoms with Crippen molar-refractivity contribution in [1.29, 1.82) is 0 Å². The number of rotatable bonds is 8. The average molecular weight is 655 g/mol. The number of hydrogen-bond donors (Lipinski definition) is 0. The van der Waals surface area contributed by atoms with Gasteiger partial charge in [-0.05, 0) is 54.7 Å². The average Bonchev–Trinajstić information content (AvgIpc) is 3.56. The fourth-order valence-electron chi connectivity index (χ4n) is 8.37. The Hall–Kier alpha value is -3.78. The molecule has 0 spiro atoms. The van der Waals surface area contributed by atoms with E-state index < -0.39 is 14.6 Å². The molecule has 0 radical (unpaired) electrons. The molecular formula is C41H40N2O2P2. The molecule has 0 amide bonds. The second kappa shape index (κ2) is 12.7. The van der Waals surface area contributed by atoms with E-state index in [1.54, 1.807) is 0 Å². The molecule has 6 heteroatoms. The third-order valence-electron chi connectivity index (χ3n) is 10.3. The molecule has 0 bridgehead atoms. The van der Waals surface area contributed by atoms with E-state index in [4.69, 9.17) is 0 Å².